The number of anilines is 1. The minimum absolute atomic E-state index is 0.0516. The van der Waals surface area contributed by atoms with Gasteiger partial charge in [0.25, 0.3) is 0 Å². The van der Waals surface area contributed by atoms with Gasteiger partial charge in [-0.15, -0.1) is 0 Å². The lowest BCUT2D eigenvalue weighted by molar-refractivity contribution is -0.136. The third kappa shape index (κ3) is 4.96. The van der Waals surface area contributed by atoms with Gasteiger partial charge in [-0.3, -0.25) is 23.7 Å². The van der Waals surface area contributed by atoms with Crippen LogP contribution < -0.4 is 9.77 Å². The van der Waals surface area contributed by atoms with Crippen molar-refractivity contribution >= 4 is 46.5 Å². The Bertz CT molecular complexity index is 1560. The molecule has 3 aliphatic heterocycles. The van der Waals surface area contributed by atoms with E-state index in [-0.39, 0.29) is 34.6 Å². The normalized spacial score (nSPS) is 22.6. The predicted molar refractivity (Wildman–Crippen MR) is 160 cm³/mol. The van der Waals surface area contributed by atoms with Crippen molar-refractivity contribution in [3.8, 4) is 0 Å². The summed E-state index contributed by atoms with van der Waals surface area (Å²) in [5, 5.41) is -0.0954. The van der Waals surface area contributed by atoms with E-state index < -0.39 is 17.1 Å². The number of hydrogen-bond donors (Lipinski definition) is 0. The van der Waals surface area contributed by atoms with Crippen LogP contribution in [0.25, 0.3) is 0 Å². The molecule has 2 saturated heterocycles. The van der Waals surface area contributed by atoms with E-state index in [9.17, 15) is 19.2 Å². The van der Waals surface area contributed by atoms with Gasteiger partial charge in [-0.1, -0.05) is 85.8 Å². The summed E-state index contributed by atoms with van der Waals surface area (Å²) in [6.07, 6.45) is 0. The number of amides is 3. The number of rotatable bonds is 4. The fourth-order valence-electron chi connectivity index (χ4n) is 5.80. The molecule has 2 fully saturated rings. The minimum atomic E-state index is -0.706. The van der Waals surface area contributed by atoms with E-state index in [2.05, 4.69) is 32.9 Å². The lowest BCUT2D eigenvalue weighted by Gasteiger charge is -2.31. The number of morpholine rings is 1. The molecule has 3 amide bonds. The molecular weight excluding hydrogens is 558 g/mol. The van der Waals surface area contributed by atoms with Crippen LogP contribution in [0.15, 0.2) is 58.4 Å². The largest absolute Gasteiger partial charge is 0.378 e. The second-order valence-corrected chi connectivity index (χ2v) is 14.0. The highest BCUT2D eigenvalue weighted by atomic mass is 32.2. The predicted octanol–water partition coefficient (Wildman–Crippen LogP) is 4.17. The molecule has 0 spiro atoms. The summed E-state index contributed by atoms with van der Waals surface area (Å²) < 4.78 is 6.88. The van der Waals surface area contributed by atoms with Gasteiger partial charge in [0.05, 0.1) is 29.8 Å². The third-order valence-electron chi connectivity index (χ3n) is 8.13. The Kier molecular flexibility index (Phi) is 7.20. The summed E-state index contributed by atoms with van der Waals surface area (Å²) in [6, 6.07) is 15.5. The number of imide groups is 1. The van der Waals surface area contributed by atoms with Gasteiger partial charge in [0.15, 0.2) is 0 Å². The summed E-state index contributed by atoms with van der Waals surface area (Å²) in [7, 11) is 0. The number of aromatic nitrogens is 1. The molecule has 0 bridgehead atoms. The number of nitrogens with zero attached hydrogens (tertiary/aromatic N) is 3. The molecule has 6 rings (SSSR count). The summed E-state index contributed by atoms with van der Waals surface area (Å²) in [5.74, 6) is -1.85. The molecule has 214 valence electrons. The Balaban J connectivity index is 1.44. The first kappa shape index (κ1) is 27.9. The van der Waals surface area contributed by atoms with Crippen LogP contribution in [-0.2, 0) is 31.1 Å². The molecule has 3 aromatic rings. The number of carbonyl (C=O) groups excluding carboxylic acids is 3. The third-order valence-corrected chi connectivity index (χ3v) is 10.7. The zero-order chi connectivity index (χ0) is 29.1. The molecular formula is C31H33N3O5S2. The second-order valence-electron chi connectivity index (χ2n) is 11.9. The molecule has 41 heavy (non-hydrogen) atoms. The molecule has 3 aliphatic rings. The minimum Gasteiger partial charge on any atom is -0.378 e. The van der Waals surface area contributed by atoms with Gasteiger partial charge >= 0.3 is 4.87 Å². The monoisotopic (exact) mass is 591 g/mol. The van der Waals surface area contributed by atoms with E-state index in [0.717, 1.165) is 32.9 Å². The zero-order valence-corrected chi connectivity index (χ0v) is 25.2. The molecule has 0 radical (unpaired) electrons. The van der Waals surface area contributed by atoms with E-state index in [1.165, 1.54) is 21.2 Å². The van der Waals surface area contributed by atoms with Crippen molar-refractivity contribution in [2.75, 3.05) is 31.2 Å². The van der Waals surface area contributed by atoms with Gasteiger partial charge in [-0.25, -0.2) is 4.90 Å². The summed E-state index contributed by atoms with van der Waals surface area (Å²) in [5.41, 5.74) is 3.57. The average Bonchev–Trinajstić information content (AvgIpc) is 3.40. The SMILES string of the molecule is Cc1ccc(N2C(=O)[C@@H]3[C@H](c4ccc(C(C)(C)C)cc4)c4sc(=O)n(CC(=O)N5CCOCC5)c4S[C@@H]3C2=O)cc1. The van der Waals surface area contributed by atoms with E-state index in [1.807, 2.05) is 31.2 Å². The number of thioether (sulfide) groups is 1. The fraction of sp³-hybridized carbons (Fsp3) is 0.419. The van der Waals surface area contributed by atoms with Crippen molar-refractivity contribution in [2.45, 2.75) is 55.8 Å². The smallest absolute Gasteiger partial charge is 0.308 e. The van der Waals surface area contributed by atoms with E-state index in [1.54, 1.807) is 17.0 Å². The molecule has 4 heterocycles. The lowest BCUT2D eigenvalue weighted by atomic mass is 9.81. The van der Waals surface area contributed by atoms with Crippen LogP contribution in [-0.4, -0.2) is 58.7 Å². The highest BCUT2D eigenvalue weighted by Gasteiger charge is 2.56. The van der Waals surface area contributed by atoms with Crippen molar-refractivity contribution in [2.24, 2.45) is 5.92 Å². The van der Waals surface area contributed by atoms with Gasteiger partial charge in [0.1, 0.15) is 11.8 Å². The van der Waals surface area contributed by atoms with Crippen LogP contribution in [0.1, 0.15) is 48.3 Å². The average molecular weight is 592 g/mol. The molecule has 0 N–H and O–H groups in total. The van der Waals surface area contributed by atoms with Crippen molar-refractivity contribution in [3.63, 3.8) is 0 Å². The van der Waals surface area contributed by atoms with Crippen molar-refractivity contribution in [3.05, 3.63) is 79.8 Å². The summed E-state index contributed by atoms with van der Waals surface area (Å²) in [6.45, 7) is 10.2. The Labute approximate surface area is 247 Å². The molecule has 0 saturated carbocycles. The topological polar surface area (TPSA) is 88.9 Å². The highest BCUT2D eigenvalue weighted by molar-refractivity contribution is 8.00. The van der Waals surface area contributed by atoms with Crippen molar-refractivity contribution in [1.29, 1.82) is 0 Å². The lowest BCUT2D eigenvalue weighted by Crippen LogP contribution is -2.43. The van der Waals surface area contributed by atoms with Crippen LogP contribution in [0.2, 0.25) is 0 Å². The number of hydrogen-bond acceptors (Lipinski definition) is 7. The van der Waals surface area contributed by atoms with E-state index in [4.69, 9.17) is 4.74 Å². The molecule has 0 aliphatic carbocycles. The number of carbonyl (C=O) groups is 3. The molecule has 1 aromatic heterocycles. The quantitative estimate of drug-likeness (QED) is 0.424. The Hall–Kier alpha value is -3.21. The molecule has 10 heteroatoms. The first-order valence-corrected chi connectivity index (χ1v) is 15.5. The zero-order valence-electron chi connectivity index (χ0n) is 23.6. The maximum Gasteiger partial charge on any atom is 0.308 e. The fourth-order valence-corrected chi connectivity index (χ4v) is 8.57. The van der Waals surface area contributed by atoms with Gasteiger partial charge < -0.3 is 9.64 Å². The Morgan fingerprint density at radius 2 is 1.61 bits per heavy atom. The first-order chi connectivity index (χ1) is 19.5. The van der Waals surface area contributed by atoms with Gasteiger partial charge in [-0.2, -0.15) is 0 Å². The van der Waals surface area contributed by atoms with Crippen LogP contribution in [0, 0.1) is 12.8 Å². The summed E-state index contributed by atoms with van der Waals surface area (Å²) in [4.78, 5) is 58.0. The van der Waals surface area contributed by atoms with Crippen LogP contribution in [0.5, 0.6) is 0 Å². The van der Waals surface area contributed by atoms with Crippen molar-refractivity contribution in [1.82, 2.24) is 9.47 Å². The Morgan fingerprint density at radius 1 is 0.951 bits per heavy atom. The molecule has 2 aromatic carbocycles. The van der Waals surface area contributed by atoms with Gasteiger partial charge in [0, 0.05) is 23.9 Å². The maximum absolute atomic E-state index is 14.1. The van der Waals surface area contributed by atoms with Crippen LogP contribution in [0.3, 0.4) is 0 Å². The maximum atomic E-state index is 14.1. The number of thiazole rings is 1. The second kappa shape index (κ2) is 10.6. The van der Waals surface area contributed by atoms with E-state index >= 15 is 0 Å². The molecule has 8 nitrogen and oxygen atoms in total. The standard InChI is InChI=1S/C31H33N3O5S2/c1-18-5-11-21(12-6-18)34-27(36)24-23(19-7-9-20(10-8-19)31(2,3)4)26-29(40-25(24)28(34)37)33(30(38)41-26)17-22(35)32-13-15-39-16-14-32/h5-12,23-25H,13-17H2,1-4H3/t23-,24+,25-/m0/s1. The number of fused-ring (bicyclic) bond motifs is 2. The Morgan fingerprint density at radius 3 is 2.24 bits per heavy atom. The molecule has 0 unspecified atom stereocenters. The van der Waals surface area contributed by atoms with Gasteiger partial charge in [0.2, 0.25) is 17.7 Å². The van der Waals surface area contributed by atoms with Crippen molar-refractivity contribution < 1.29 is 19.1 Å². The number of benzene rings is 2. The highest BCUT2D eigenvalue weighted by Crippen LogP contribution is 2.54. The number of ether oxygens (including phenoxy) is 1. The van der Waals surface area contributed by atoms with Gasteiger partial charge in [-0.05, 0) is 35.6 Å². The van der Waals surface area contributed by atoms with Crippen LogP contribution >= 0.6 is 23.1 Å². The first-order valence-electron chi connectivity index (χ1n) is 13.8. The van der Waals surface area contributed by atoms with E-state index in [0.29, 0.717) is 37.0 Å². The molecule has 3 atom stereocenters. The van der Waals surface area contributed by atoms with Crippen LogP contribution in [0.4, 0.5) is 5.69 Å². The summed E-state index contributed by atoms with van der Waals surface area (Å²) >= 11 is 2.33. The number of aryl methyl sites for hydroxylation is 1.